The Morgan fingerprint density at radius 3 is 2.69 bits per heavy atom. The lowest BCUT2D eigenvalue weighted by Crippen LogP contribution is -2.35. The largest absolute Gasteiger partial charge is 0.273 e. The summed E-state index contributed by atoms with van der Waals surface area (Å²) in [6, 6.07) is 19.4. The highest BCUT2D eigenvalue weighted by Crippen LogP contribution is 2.42. The number of nitriles is 1. The minimum absolute atomic E-state index is 0.365. The normalized spacial score (nSPS) is 14.0. The molecule has 5 rings (SSSR count). The van der Waals surface area contributed by atoms with Crippen molar-refractivity contribution in [1.29, 1.82) is 5.26 Å². The van der Waals surface area contributed by atoms with Crippen molar-refractivity contribution in [3.05, 3.63) is 64.9 Å². The molecule has 8 heteroatoms. The molecule has 0 saturated heterocycles. The Balaban J connectivity index is 1.60. The molecule has 2 aromatic heterocycles. The van der Waals surface area contributed by atoms with Crippen molar-refractivity contribution in [2.45, 2.75) is 9.10 Å². The predicted molar refractivity (Wildman–Crippen MR) is 122 cm³/mol. The zero-order chi connectivity index (χ0) is 20.0. The molecule has 0 bridgehead atoms. The van der Waals surface area contributed by atoms with Gasteiger partial charge in [-0.2, -0.15) is 5.26 Å². The third-order valence-corrected chi connectivity index (χ3v) is 10.0. The zero-order valence-corrected chi connectivity index (χ0v) is 18.3. The van der Waals surface area contributed by atoms with Crippen LogP contribution in [0, 0.1) is 11.3 Å². The monoisotopic (exact) mass is 454 g/mol. The van der Waals surface area contributed by atoms with E-state index in [4.69, 9.17) is 5.26 Å². The fourth-order valence-electron chi connectivity index (χ4n) is 3.36. The molecular weight excluding hydrogens is 441 g/mol. The number of thioether (sulfide) groups is 1. The van der Waals surface area contributed by atoms with Gasteiger partial charge in [0.25, 0.3) is 10.0 Å². The van der Waals surface area contributed by atoms with Crippen LogP contribution in [0.25, 0.3) is 21.2 Å². The maximum atomic E-state index is 13.5. The van der Waals surface area contributed by atoms with Crippen LogP contribution in [0.2, 0.25) is 0 Å². The van der Waals surface area contributed by atoms with Crippen molar-refractivity contribution >= 4 is 60.2 Å². The summed E-state index contributed by atoms with van der Waals surface area (Å²) >= 11 is 4.37. The third kappa shape index (κ3) is 3.24. The average Bonchev–Trinajstić information content (AvgIpc) is 3.40. The minimum Gasteiger partial charge on any atom is -0.264 e. The molecule has 0 spiro atoms. The van der Waals surface area contributed by atoms with E-state index in [-0.39, 0.29) is 0 Å². The van der Waals surface area contributed by atoms with Gasteiger partial charge in [-0.1, -0.05) is 24.3 Å². The standard InChI is InChI=1S/C21H14N2O2S4/c22-12-17-9-16(13-27-17)14-5-6-20-18(10-14)23(7-8-26-20)29(24,25)21-11-15-3-1-2-4-19(15)28-21/h1-6,9-11,13H,7-8H2. The molecule has 0 aliphatic carbocycles. The molecule has 0 radical (unpaired) electrons. The molecule has 29 heavy (non-hydrogen) atoms. The highest BCUT2D eigenvalue weighted by molar-refractivity contribution is 8.00. The van der Waals surface area contributed by atoms with Gasteiger partial charge in [-0.05, 0) is 52.2 Å². The lowest BCUT2D eigenvalue weighted by atomic mass is 10.1. The van der Waals surface area contributed by atoms with Crippen LogP contribution in [-0.4, -0.2) is 20.7 Å². The van der Waals surface area contributed by atoms with Crippen LogP contribution < -0.4 is 4.31 Å². The summed E-state index contributed by atoms with van der Waals surface area (Å²) in [6.45, 7) is 0.435. The molecule has 144 valence electrons. The van der Waals surface area contributed by atoms with E-state index in [0.717, 1.165) is 26.1 Å². The van der Waals surface area contributed by atoms with Gasteiger partial charge >= 0.3 is 0 Å². The quantitative estimate of drug-likeness (QED) is 0.392. The van der Waals surface area contributed by atoms with Crippen molar-refractivity contribution in [2.75, 3.05) is 16.6 Å². The van der Waals surface area contributed by atoms with E-state index in [0.29, 0.717) is 27.1 Å². The first-order valence-electron chi connectivity index (χ1n) is 8.83. The van der Waals surface area contributed by atoms with E-state index in [2.05, 4.69) is 6.07 Å². The molecule has 4 nitrogen and oxygen atoms in total. The second kappa shape index (κ2) is 7.18. The molecule has 0 atom stereocenters. The second-order valence-electron chi connectivity index (χ2n) is 6.52. The number of benzene rings is 2. The molecule has 1 aliphatic rings. The van der Waals surface area contributed by atoms with E-state index in [1.54, 1.807) is 17.8 Å². The molecule has 4 aromatic rings. The number of nitrogens with zero attached hydrogens (tertiary/aromatic N) is 2. The van der Waals surface area contributed by atoms with Crippen LogP contribution in [0.3, 0.4) is 0 Å². The summed E-state index contributed by atoms with van der Waals surface area (Å²) in [5.41, 5.74) is 2.56. The zero-order valence-electron chi connectivity index (χ0n) is 15.0. The van der Waals surface area contributed by atoms with Crippen molar-refractivity contribution < 1.29 is 8.42 Å². The molecule has 1 aliphatic heterocycles. The van der Waals surface area contributed by atoms with Crippen molar-refractivity contribution in [3.8, 4) is 17.2 Å². The Morgan fingerprint density at radius 2 is 1.90 bits per heavy atom. The topological polar surface area (TPSA) is 61.2 Å². The first-order valence-corrected chi connectivity index (χ1v) is 13.0. The summed E-state index contributed by atoms with van der Waals surface area (Å²) in [4.78, 5) is 1.60. The smallest absolute Gasteiger partial charge is 0.264 e. The Bertz CT molecular complexity index is 1350. The summed E-state index contributed by atoms with van der Waals surface area (Å²) in [7, 11) is -3.65. The van der Waals surface area contributed by atoms with Gasteiger partial charge < -0.3 is 0 Å². The van der Waals surface area contributed by atoms with Crippen molar-refractivity contribution in [2.24, 2.45) is 0 Å². The van der Waals surface area contributed by atoms with E-state index < -0.39 is 10.0 Å². The summed E-state index contributed by atoms with van der Waals surface area (Å²) in [5.74, 6) is 0.716. The fraction of sp³-hybridized carbons (Fsp3) is 0.0952. The maximum absolute atomic E-state index is 13.5. The Labute approximate surface area is 181 Å². The van der Waals surface area contributed by atoms with Gasteiger partial charge in [-0.25, -0.2) is 8.42 Å². The first-order chi connectivity index (χ1) is 14.1. The third-order valence-electron chi connectivity index (χ3n) is 4.77. The lowest BCUT2D eigenvalue weighted by Gasteiger charge is -2.30. The SMILES string of the molecule is N#Cc1cc(-c2ccc3c(c2)N(S(=O)(=O)c2cc4ccccc4s2)CCS3)cs1. The Morgan fingerprint density at radius 1 is 1.03 bits per heavy atom. The van der Waals surface area contributed by atoms with Crippen LogP contribution >= 0.6 is 34.4 Å². The van der Waals surface area contributed by atoms with Gasteiger partial charge in [0.15, 0.2) is 0 Å². The van der Waals surface area contributed by atoms with E-state index >= 15 is 0 Å². The first kappa shape index (κ1) is 18.7. The molecular formula is C21H14N2O2S4. The van der Waals surface area contributed by atoms with Crippen LogP contribution in [0.1, 0.15) is 4.88 Å². The average molecular weight is 455 g/mol. The number of fused-ring (bicyclic) bond motifs is 2. The van der Waals surface area contributed by atoms with Crippen LogP contribution in [0.5, 0.6) is 0 Å². The van der Waals surface area contributed by atoms with Gasteiger partial charge in [0.2, 0.25) is 0 Å². The maximum Gasteiger partial charge on any atom is 0.273 e. The van der Waals surface area contributed by atoms with Crippen molar-refractivity contribution in [3.63, 3.8) is 0 Å². The molecule has 0 fully saturated rings. The molecule has 0 unspecified atom stereocenters. The molecule has 2 aromatic carbocycles. The number of sulfonamides is 1. The van der Waals surface area contributed by atoms with E-state index in [1.807, 2.05) is 53.9 Å². The highest BCUT2D eigenvalue weighted by Gasteiger charge is 2.31. The second-order valence-corrected chi connectivity index (χ2v) is 11.7. The molecule has 0 saturated carbocycles. The number of rotatable bonds is 3. The predicted octanol–water partition coefficient (Wildman–Crippen LogP) is 5.80. The summed E-state index contributed by atoms with van der Waals surface area (Å²) in [5, 5.41) is 12.0. The number of thiophene rings is 2. The molecule has 0 N–H and O–H groups in total. The van der Waals surface area contributed by atoms with Gasteiger partial charge in [-0.3, -0.25) is 4.31 Å². The number of hydrogen-bond acceptors (Lipinski definition) is 6. The lowest BCUT2D eigenvalue weighted by molar-refractivity contribution is 0.593. The molecule has 3 heterocycles. The fourth-order valence-corrected chi connectivity index (χ4v) is 8.21. The van der Waals surface area contributed by atoms with E-state index in [1.165, 1.54) is 27.0 Å². The highest BCUT2D eigenvalue weighted by atomic mass is 32.2. The Kier molecular flexibility index (Phi) is 4.63. The van der Waals surface area contributed by atoms with E-state index in [9.17, 15) is 8.42 Å². The molecule has 0 amide bonds. The van der Waals surface area contributed by atoms with Crippen LogP contribution in [0.4, 0.5) is 5.69 Å². The van der Waals surface area contributed by atoms with Crippen LogP contribution in [-0.2, 0) is 10.0 Å². The Hall–Kier alpha value is -2.31. The summed E-state index contributed by atoms with van der Waals surface area (Å²) < 4.78 is 29.9. The van der Waals surface area contributed by atoms with Gasteiger partial charge in [0.1, 0.15) is 15.2 Å². The number of anilines is 1. The summed E-state index contributed by atoms with van der Waals surface area (Å²) in [6.07, 6.45) is 0. The van der Waals surface area contributed by atoms with Crippen molar-refractivity contribution in [1.82, 2.24) is 0 Å². The van der Waals surface area contributed by atoms with Gasteiger partial charge in [0.05, 0.1) is 5.69 Å². The number of hydrogen-bond donors (Lipinski definition) is 0. The van der Waals surface area contributed by atoms with Crippen LogP contribution in [0.15, 0.2) is 69.1 Å². The van der Waals surface area contributed by atoms with Gasteiger partial charge in [0, 0.05) is 21.9 Å². The van der Waals surface area contributed by atoms with Gasteiger partial charge in [-0.15, -0.1) is 34.4 Å². The minimum atomic E-state index is -3.65.